The van der Waals surface area contributed by atoms with Gasteiger partial charge in [-0.2, -0.15) is 9.36 Å². The molecule has 0 saturated carbocycles. The maximum Gasteiger partial charge on any atom is 0.298 e. The normalized spacial score (nSPS) is 11.7. The van der Waals surface area contributed by atoms with E-state index in [4.69, 9.17) is 9.47 Å². The number of methoxy groups -OCH3 is 1. The average molecular weight is 412 g/mol. The quantitative estimate of drug-likeness (QED) is 0.578. The molecule has 1 atom stereocenters. The Morgan fingerprint density at radius 1 is 1.24 bits per heavy atom. The van der Waals surface area contributed by atoms with Gasteiger partial charge < -0.3 is 14.8 Å². The zero-order valence-corrected chi connectivity index (χ0v) is 17.9. The van der Waals surface area contributed by atoms with Gasteiger partial charge in [0.1, 0.15) is 11.5 Å². The Morgan fingerprint density at radius 2 is 2.07 bits per heavy atom. The Hall–Kier alpha value is -2.93. The van der Waals surface area contributed by atoms with E-state index in [0.29, 0.717) is 28.8 Å². The van der Waals surface area contributed by atoms with Gasteiger partial charge in [-0.3, -0.25) is 4.79 Å². The van der Waals surface area contributed by atoms with E-state index in [1.165, 1.54) is 11.5 Å². The van der Waals surface area contributed by atoms with Crippen LogP contribution in [0.1, 0.15) is 47.6 Å². The second kappa shape index (κ2) is 9.52. The summed E-state index contributed by atoms with van der Waals surface area (Å²) < 4.78 is 15.6. The number of hydrogen-bond donors (Lipinski definition) is 1. The largest absolute Gasteiger partial charge is 0.497 e. The van der Waals surface area contributed by atoms with Crippen LogP contribution in [0.5, 0.6) is 16.7 Å². The van der Waals surface area contributed by atoms with E-state index < -0.39 is 0 Å². The maximum atomic E-state index is 12.4. The fourth-order valence-electron chi connectivity index (χ4n) is 2.67. The van der Waals surface area contributed by atoms with Crippen LogP contribution in [0.25, 0.3) is 0 Å². The van der Waals surface area contributed by atoms with Gasteiger partial charge in [0.25, 0.3) is 11.1 Å². The Bertz CT molecular complexity index is 987. The molecule has 0 radical (unpaired) electrons. The molecule has 0 spiro atoms. The number of hydrogen-bond acceptors (Lipinski definition) is 6. The van der Waals surface area contributed by atoms with Crippen molar-refractivity contribution in [1.82, 2.24) is 14.7 Å². The van der Waals surface area contributed by atoms with Gasteiger partial charge in [-0.05, 0) is 55.7 Å². The van der Waals surface area contributed by atoms with Gasteiger partial charge in [-0.25, -0.2) is 0 Å². The van der Waals surface area contributed by atoms with Crippen molar-refractivity contribution in [2.75, 3.05) is 7.11 Å². The first-order valence-corrected chi connectivity index (χ1v) is 10.3. The summed E-state index contributed by atoms with van der Waals surface area (Å²) in [6.07, 6.45) is 1.47. The summed E-state index contributed by atoms with van der Waals surface area (Å²) in [5.41, 5.74) is 2.55. The Morgan fingerprint density at radius 3 is 2.83 bits per heavy atom. The Kier molecular flexibility index (Phi) is 6.82. The molecule has 1 amide bonds. The van der Waals surface area contributed by atoms with Gasteiger partial charge in [-0.15, -0.1) is 0 Å². The van der Waals surface area contributed by atoms with E-state index in [2.05, 4.69) is 14.7 Å². The highest BCUT2D eigenvalue weighted by molar-refractivity contribution is 7.07. The summed E-state index contributed by atoms with van der Waals surface area (Å²) in [7, 11) is 1.64. The summed E-state index contributed by atoms with van der Waals surface area (Å²) in [5, 5.41) is 3.42. The van der Waals surface area contributed by atoms with Crippen molar-refractivity contribution in [1.29, 1.82) is 0 Å². The number of benzene rings is 2. The summed E-state index contributed by atoms with van der Waals surface area (Å²) in [6.45, 7) is 5.95. The molecule has 7 heteroatoms. The molecule has 152 valence electrons. The molecule has 3 rings (SSSR count). The molecule has 1 heterocycles. The lowest BCUT2D eigenvalue weighted by atomic mass is 10.1. The molecule has 0 saturated heterocycles. The van der Waals surface area contributed by atoms with E-state index in [9.17, 15) is 4.79 Å². The summed E-state index contributed by atoms with van der Waals surface area (Å²) in [6, 6.07) is 13.4. The van der Waals surface area contributed by atoms with Gasteiger partial charge in [-0.1, -0.05) is 25.1 Å². The zero-order chi connectivity index (χ0) is 20.8. The highest BCUT2D eigenvalue weighted by Crippen LogP contribution is 2.28. The molecule has 0 aliphatic carbocycles. The molecule has 6 nitrogen and oxygen atoms in total. The Balaban J connectivity index is 1.71. The van der Waals surface area contributed by atoms with Crippen LogP contribution in [0, 0.1) is 6.92 Å². The molecule has 2 aromatic carbocycles. The molecule has 0 unspecified atom stereocenters. The van der Waals surface area contributed by atoms with Crippen LogP contribution in [0.2, 0.25) is 0 Å². The van der Waals surface area contributed by atoms with Gasteiger partial charge in [0.05, 0.1) is 7.11 Å². The predicted molar refractivity (Wildman–Crippen MR) is 114 cm³/mol. The van der Waals surface area contributed by atoms with Crippen molar-refractivity contribution in [3.8, 4) is 16.7 Å². The van der Waals surface area contributed by atoms with Crippen LogP contribution in [-0.4, -0.2) is 28.4 Å². The van der Waals surface area contributed by atoms with Crippen LogP contribution in [0.15, 0.2) is 42.5 Å². The lowest BCUT2D eigenvalue weighted by molar-refractivity contribution is 0.0939. The monoisotopic (exact) mass is 411 g/mol. The zero-order valence-electron chi connectivity index (χ0n) is 17.1. The number of nitrogens with zero attached hydrogens (tertiary/aromatic N) is 2. The molecule has 0 bridgehead atoms. The second-order valence-corrected chi connectivity index (χ2v) is 7.58. The van der Waals surface area contributed by atoms with Gasteiger partial charge in [0, 0.05) is 29.6 Å². The van der Waals surface area contributed by atoms with E-state index in [1.54, 1.807) is 19.2 Å². The van der Waals surface area contributed by atoms with Crippen molar-refractivity contribution in [2.45, 2.75) is 39.7 Å². The van der Waals surface area contributed by atoms with Crippen molar-refractivity contribution >= 4 is 17.4 Å². The van der Waals surface area contributed by atoms with Gasteiger partial charge in [0.2, 0.25) is 0 Å². The lowest BCUT2D eigenvalue weighted by Crippen LogP contribution is -2.31. The summed E-state index contributed by atoms with van der Waals surface area (Å²) in [5.74, 6) is 1.98. The number of carbonyl (C=O) groups is 1. The Labute approximate surface area is 175 Å². The smallest absolute Gasteiger partial charge is 0.298 e. The fraction of sp³-hybridized carbons (Fsp3) is 0.318. The number of carbonyl (C=O) groups excluding carboxylic acids is 1. The maximum absolute atomic E-state index is 12.4. The van der Waals surface area contributed by atoms with Crippen LogP contribution in [0.4, 0.5) is 0 Å². The van der Waals surface area contributed by atoms with E-state index in [0.717, 1.165) is 23.3 Å². The fourth-order valence-corrected chi connectivity index (χ4v) is 3.23. The number of amides is 1. The van der Waals surface area contributed by atoms with Crippen LogP contribution < -0.4 is 14.8 Å². The first-order valence-electron chi connectivity index (χ1n) is 9.53. The summed E-state index contributed by atoms with van der Waals surface area (Å²) in [4.78, 5) is 16.9. The lowest BCUT2D eigenvalue weighted by Gasteiger charge is -2.12. The molecule has 1 aromatic heterocycles. The first kappa shape index (κ1) is 20.8. The molecule has 29 heavy (non-hydrogen) atoms. The topological polar surface area (TPSA) is 73.3 Å². The first-order chi connectivity index (χ1) is 14.0. The van der Waals surface area contributed by atoms with Crippen LogP contribution in [0.3, 0.4) is 0 Å². The second-order valence-electron chi connectivity index (χ2n) is 6.87. The summed E-state index contributed by atoms with van der Waals surface area (Å²) >= 11 is 1.20. The highest BCUT2D eigenvalue weighted by atomic mass is 32.1. The molecular formula is C22H25N3O3S. The van der Waals surface area contributed by atoms with Gasteiger partial charge in [0.15, 0.2) is 5.82 Å². The van der Waals surface area contributed by atoms with Gasteiger partial charge >= 0.3 is 0 Å². The molecule has 3 aromatic rings. The van der Waals surface area contributed by atoms with E-state index in [-0.39, 0.29) is 11.9 Å². The molecule has 0 aliphatic rings. The molecule has 0 fully saturated rings. The third-order valence-corrected chi connectivity index (χ3v) is 5.22. The van der Waals surface area contributed by atoms with Crippen molar-refractivity contribution < 1.29 is 14.3 Å². The molecule has 0 aliphatic heterocycles. The van der Waals surface area contributed by atoms with E-state index in [1.807, 2.05) is 51.1 Å². The third-order valence-electron chi connectivity index (χ3n) is 4.58. The minimum atomic E-state index is -0.111. The number of ether oxygens (including phenoxy) is 2. The van der Waals surface area contributed by atoms with Crippen molar-refractivity contribution in [3.05, 3.63) is 65.0 Å². The number of rotatable bonds is 8. The minimum absolute atomic E-state index is 0.111. The number of aromatic nitrogens is 2. The van der Waals surface area contributed by atoms with Crippen LogP contribution >= 0.6 is 11.5 Å². The van der Waals surface area contributed by atoms with Crippen LogP contribution in [-0.2, 0) is 6.42 Å². The number of nitrogens with one attached hydrogen (secondary N) is 1. The molecule has 1 N–H and O–H groups in total. The standard InChI is InChI=1S/C22H25N3O3S/c1-5-15(3)23-21(26)17-10-9-14(2)19(13-17)28-22-24-20(25-29-22)12-16-7-6-8-18(11-16)27-4/h6-11,13,15H,5,12H2,1-4H3,(H,23,26)/t15-/m1/s1. The SMILES string of the molecule is CC[C@@H](C)NC(=O)c1ccc(C)c(Oc2nc(Cc3cccc(OC)c3)ns2)c1. The van der Waals surface area contributed by atoms with E-state index >= 15 is 0 Å². The predicted octanol–water partition coefficient (Wildman–Crippen LogP) is 4.77. The third kappa shape index (κ3) is 5.54. The number of aryl methyl sites for hydroxylation is 1. The average Bonchev–Trinajstić information content (AvgIpc) is 3.16. The van der Waals surface area contributed by atoms with Crippen molar-refractivity contribution in [2.24, 2.45) is 0 Å². The van der Waals surface area contributed by atoms with Crippen molar-refractivity contribution in [3.63, 3.8) is 0 Å². The molecular weight excluding hydrogens is 386 g/mol. The minimum Gasteiger partial charge on any atom is -0.497 e. The highest BCUT2D eigenvalue weighted by Gasteiger charge is 2.13.